The molecule has 1 aromatic heterocycles. The number of hydrogen-bond donors (Lipinski definition) is 1. The highest BCUT2D eigenvalue weighted by atomic mass is 19.3. The van der Waals surface area contributed by atoms with Crippen LogP contribution in [0.2, 0.25) is 0 Å². The van der Waals surface area contributed by atoms with E-state index in [0.29, 0.717) is 38.3 Å². The normalized spacial score (nSPS) is 28.6. The zero-order valence-corrected chi connectivity index (χ0v) is 16.3. The molecular weight excluding hydrogens is 368 g/mol. The predicted molar refractivity (Wildman–Crippen MR) is 99.1 cm³/mol. The number of anilines is 1. The summed E-state index contributed by atoms with van der Waals surface area (Å²) in [5.41, 5.74) is 0.727. The average Bonchev–Trinajstić information content (AvgIpc) is 3.21. The molecule has 28 heavy (non-hydrogen) atoms. The molecule has 1 N–H and O–H groups in total. The largest absolute Gasteiger partial charge is 0.367 e. The molecule has 3 aliphatic heterocycles. The summed E-state index contributed by atoms with van der Waals surface area (Å²) in [6.45, 7) is 3.53. The number of nitrogens with zero attached hydrogens (tertiary/aromatic N) is 4. The van der Waals surface area contributed by atoms with Crippen molar-refractivity contribution in [3.05, 3.63) is 11.8 Å². The standard InChI is InChI=1S/C19H27F2N5O2/c1-11-7-16-22-14(9-15(18(20)21)26(16)23-11)12-3-5-25(6-4-12)19(28)13-8-17(27)24(2)10-13/h7,12-15,18,22H,3-6,8-10H2,1-2H3/t13?,14-,15+/m0/s1. The van der Waals surface area contributed by atoms with Crippen molar-refractivity contribution in [2.75, 3.05) is 32.0 Å². The second kappa shape index (κ2) is 7.33. The van der Waals surface area contributed by atoms with Gasteiger partial charge in [0.25, 0.3) is 6.43 Å². The molecule has 9 heteroatoms. The van der Waals surface area contributed by atoms with E-state index in [9.17, 15) is 18.4 Å². The molecule has 3 atom stereocenters. The molecule has 1 unspecified atom stereocenters. The fraction of sp³-hybridized carbons (Fsp3) is 0.737. The fourth-order valence-corrected chi connectivity index (χ4v) is 4.82. The summed E-state index contributed by atoms with van der Waals surface area (Å²) in [7, 11) is 1.72. The number of carbonyl (C=O) groups excluding carboxylic acids is 2. The topological polar surface area (TPSA) is 70.5 Å². The predicted octanol–water partition coefficient (Wildman–Crippen LogP) is 1.90. The van der Waals surface area contributed by atoms with Gasteiger partial charge in [0, 0.05) is 45.2 Å². The minimum Gasteiger partial charge on any atom is -0.367 e. The number of fused-ring (bicyclic) bond motifs is 1. The lowest BCUT2D eigenvalue weighted by molar-refractivity contribution is -0.137. The molecule has 0 aromatic carbocycles. The Kier molecular flexibility index (Phi) is 5.01. The van der Waals surface area contributed by atoms with Crippen LogP contribution in [0.4, 0.5) is 14.6 Å². The van der Waals surface area contributed by atoms with Crippen LogP contribution in [0.1, 0.15) is 37.4 Å². The number of nitrogens with one attached hydrogen (secondary N) is 1. The number of rotatable bonds is 3. The van der Waals surface area contributed by atoms with Crippen molar-refractivity contribution < 1.29 is 18.4 Å². The third kappa shape index (κ3) is 3.46. The molecule has 4 heterocycles. The van der Waals surface area contributed by atoms with E-state index in [2.05, 4.69) is 10.4 Å². The Morgan fingerprint density at radius 1 is 1.32 bits per heavy atom. The number of likely N-dealkylation sites (tertiary alicyclic amines) is 2. The summed E-state index contributed by atoms with van der Waals surface area (Å²) in [6, 6.07) is 0.863. The first-order valence-corrected chi connectivity index (χ1v) is 9.97. The minimum atomic E-state index is -2.46. The molecular formula is C19H27F2N5O2. The number of alkyl halides is 2. The van der Waals surface area contributed by atoms with Crippen LogP contribution in [-0.4, -0.2) is 70.5 Å². The quantitative estimate of drug-likeness (QED) is 0.849. The van der Waals surface area contributed by atoms with E-state index in [4.69, 9.17) is 0 Å². The van der Waals surface area contributed by atoms with E-state index in [-0.39, 0.29) is 29.7 Å². The van der Waals surface area contributed by atoms with Crippen LogP contribution in [0.5, 0.6) is 0 Å². The van der Waals surface area contributed by atoms with Gasteiger partial charge >= 0.3 is 0 Å². The molecule has 0 spiro atoms. The van der Waals surface area contributed by atoms with E-state index in [0.717, 1.165) is 18.5 Å². The Morgan fingerprint density at radius 2 is 2.04 bits per heavy atom. The Hall–Kier alpha value is -2.19. The van der Waals surface area contributed by atoms with Crippen molar-refractivity contribution in [3.63, 3.8) is 0 Å². The summed E-state index contributed by atoms with van der Waals surface area (Å²) >= 11 is 0. The van der Waals surface area contributed by atoms with Gasteiger partial charge in [-0.1, -0.05) is 0 Å². The maximum Gasteiger partial charge on any atom is 0.260 e. The summed E-state index contributed by atoms with van der Waals surface area (Å²) in [5, 5.41) is 7.61. The van der Waals surface area contributed by atoms with Gasteiger partial charge in [-0.25, -0.2) is 13.5 Å². The third-order valence-corrected chi connectivity index (χ3v) is 6.40. The molecule has 2 amide bonds. The number of aromatic nitrogens is 2. The van der Waals surface area contributed by atoms with Gasteiger partial charge in [0.05, 0.1) is 11.6 Å². The SMILES string of the molecule is Cc1cc2n(n1)[C@@H](C(F)F)C[C@@H](C1CCN(C(=O)C3CC(=O)N(C)C3)CC1)N2. The zero-order valence-electron chi connectivity index (χ0n) is 16.3. The maximum absolute atomic E-state index is 13.6. The van der Waals surface area contributed by atoms with Crippen LogP contribution in [0, 0.1) is 18.8 Å². The van der Waals surface area contributed by atoms with E-state index in [1.165, 1.54) is 4.68 Å². The number of amides is 2. The monoisotopic (exact) mass is 395 g/mol. The summed E-state index contributed by atoms with van der Waals surface area (Å²) < 4.78 is 28.6. The first-order valence-electron chi connectivity index (χ1n) is 9.97. The second-order valence-electron chi connectivity index (χ2n) is 8.34. The highest BCUT2D eigenvalue weighted by Crippen LogP contribution is 2.37. The van der Waals surface area contributed by atoms with Crippen LogP contribution in [-0.2, 0) is 9.59 Å². The minimum absolute atomic E-state index is 0.0181. The number of carbonyl (C=O) groups is 2. The molecule has 0 aliphatic carbocycles. The van der Waals surface area contributed by atoms with E-state index >= 15 is 0 Å². The molecule has 0 bridgehead atoms. The van der Waals surface area contributed by atoms with Crippen LogP contribution in [0.3, 0.4) is 0 Å². The lowest BCUT2D eigenvalue weighted by Gasteiger charge is -2.41. The van der Waals surface area contributed by atoms with Gasteiger partial charge in [-0.3, -0.25) is 9.59 Å². The third-order valence-electron chi connectivity index (χ3n) is 6.40. The molecule has 0 saturated carbocycles. The first kappa shape index (κ1) is 19.1. The van der Waals surface area contributed by atoms with Gasteiger partial charge in [0.15, 0.2) is 0 Å². The van der Waals surface area contributed by atoms with E-state index in [1.54, 1.807) is 18.9 Å². The first-order chi connectivity index (χ1) is 13.3. The van der Waals surface area contributed by atoms with Crippen LogP contribution < -0.4 is 5.32 Å². The number of piperidine rings is 1. The van der Waals surface area contributed by atoms with Crippen LogP contribution in [0.25, 0.3) is 0 Å². The molecule has 7 nitrogen and oxygen atoms in total. The highest BCUT2D eigenvalue weighted by molar-refractivity contribution is 5.89. The molecule has 0 radical (unpaired) electrons. The Labute approximate surface area is 163 Å². The molecule has 154 valence electrons. The molecule has 1 aromatic rings. The zero-order chi connectivity index (χ0) is 20.0. The summed E-state index contributed by atoms with van der Waals surface area (Å²) in [5.74, 6) is 0.714. The van der Waals surface area contributed by atoms with Gasteiger partial charge in [0.1, 0.15) is 11.9 Å². The van der Waals surface area contributed by atoms with E-state index in [1.807, 2.05) is 11.0 Å². The Balaban J connectivity index is 1.37. The molecule has 2 fully saturated rings. The number of aryl methyl sites for hydroxylation is 1. The van der Waals surface area contributed by atoms with Crippen molar-refractivity contribution in [1.29, 1.82) is 0 Å². The van der Waals surface area contributed by atoms with Crippen LogP contribution in [0.15, 0.2) is 6.07 Å². The lowest BCUT2D eigenvalue weighted by atomic mass is 9.84. The van der Waals surface area contributed by atoms with Crippen LogP contribution >= 0.6 is 0 Å². The van der Waals surface area contributed by atoms with Gasteiger partial charge in [-0.15, -0.1) is 0 Å². The number of halogens is 2. The van der Waals surface area contributed by atoms with E-state index < -0.39 is 12.5 Å². The summed E-state index contributed by atoms with van der Waals surface area (Å²) in [4.78, 5) is 27.9. The lowest BCUT2D eigenvalue weighted by Crippen LogP contribution is -2.47. The Morgan fingerprint density at radius 3 is 2.64 bits per heavy atom. The Bertz CT molecular complexity index is 760. The number of hydrogen-bond acceptors (Lipinski definition) is 4. The second-order valence-corrected chi connectivity index (χ2v) is 8.34. The van der Waals surface area contributed by atoms with Crippen molar-refractivity contribution in [2.45, 2.75) is 51.1 Å². The molecule has 2 saturated heterocycles. The van der Waals surface area contributed by atoms with Crippen molar-refractivity contribution in [2.24, 2.45) is 11.8 Å². The fourth-order valence-electron chi connectivity index (χ4n) is 4.82. The van der Waals surface area contributed by atoms with Gasteiger partial charge in [-0.2, -0.15) is 5.10 Å². The maximum atomic E-state index is 13.6. The summed E-state index contributed by atoms with van der Waals surface area (Å²) in [6.07, 6.45) is -0.266. The average molecular weight is 395 g/mol. The van der Waals surface area contributed by atoms with Gasteiger partial charge in [0.2, 0.25) is 11.8 Å². The molecule has 4 rings (SSSR count). The van der Waals surface area contributed by atoms with Gasteiger partial charge < -0.3 is 15.1 Å². The van der Waals surface area contributed by atoms with Gasteiger partial charge in [-0.05, 0) is 32.1 Å². The molecule has 3 aliphatic rings. The van der Waals surface area contributed by atoms with Crippen molar-refractivity contribution in [3.8, 4) is 0 Å². The highest BCUT2D eigenvalue weighted by Gasteiger charge is 2.40. The van der Waals surface area contributed by atoms with Crippen molar-refractivity contribution >= 4 is 17.6 Å². The van der Waals surface area contributed by atoms with Crippen molar-refractivity contribution in [1.82, 2.24) is 19.6 Å². The smallest absolute Gasteiger partial charge is 0.260 e.